The molecule has 0 spiro atoms. The van der Waals surface area contributed by atoms with Crippen LogP contribution in [0.1, 0.15) is 106 Å². The van der Waals surface area contributed by atoms with Crippen molar-refractivity contribution in [1.82, 2.24) is 0 Å². The SMILES string of the molecule is C/C=C(\CC[C@@H](C)[C@H]1C[C@H]2C3=CC[C@H]4[C@H](C)[C@@H](O)CC[C@]4(C)[C@H]3CC[C@]2(C)C1)C(C)C. The van der Waals surface area contributed by atoms with Crippen LogP contribution in [0.15, 0.2) is 23.3 Å². The molecule has 0 aromatic heterocycles. The van der Waals surface area contributed by atoms with Gasteiger partial charge < -0.3 is 5.11 Å². The van der Waals surface area contributed by atoms with E-state index in [0.717, 1.165) is 30.1 Å². The summed E-state index contributed by atoms with van der Waals surface area (Å²) in [5, 5.41) is 10.5. The molecule has 4 aliphatic carbocycles. The summed E-state index contributed by atoms with van der Waals surface area (Å²) >= 11 is 0. The molecule has 4 aliphatic rings. The average Bonchev–Trinajstić information content (AvgIpc) is 3.09. The largest absolute Gasteiger partial charge is 0.393 e. The van der Waals surface area contributed by atoms with Crippen molar-refractivity contribution >= 4 is 0 Å². The van der Waals surface area contributed by atoms with Gasteiger partial charge in [-0.1, -0.05) is 64.8 Å². The van der Waals surface area contributed by atoms with Gasteiger partial charge in [0.2, 0.25) is 0 Å². The molecule has 176 valence electrons. The molecule has 0 aromatic carbocycles. The number of rotatable bonds is 5. The Bertz CT molecular complexity index is 716. The molecule has 0 saturated heterocycles. The van der Waals surface area contributed by atoms with Crippen molar-refractivity contribution in [3.63, 3.8) is 0 Å². The van der Waals surface area contributed by atoms with Gasteiger partial charge in [0.25, 0.3) is 0 Å². The van der Waals surface area contributed by atoms with Gasteiger partial charge in [-0.25, -0.2) is 0 Å². The Morgan fingerprint density at radius 3 is 2.58 bits per heavy atom. The smallest absolute Gasteiger partial charge is 0.0568 e. The van der Waals surface area contributed by atoms with Crippen molar-refractivity contribution in [2.24, 2.45) is 52.3 Å². The molecule has 4 rings (SSSR count). The van der Waals surface area contributed by atoms with Gasteiger partial charge in [-0.3, -0.25) is 0 Å². The number of hydrogen-bond acceptors (Lipinski definition) is 1. The summed E-state index contributed by atoms with van der Waals surface area (Å²) in [5.74, 6) is 5.18. The molecule has 9 atom stereocenters. The van der Waals surface area contributed by atoms with Gasteiger partial charge in [0, 0.05) is 0 Å². The second kappa shape index (κ2) is 8.66. The molecule has 0 heterocycles. The van der Waals surface area contributed by atoms with Crippen LogP contribution in [-0.2, 0) is 0 Å². The highest BCUT2D eigenvalue weighted by Crippen LogP contribution is 2.66. The highest BCUT2D eigenvalue weighted by atomic mass is 16.3. The predicted molar refractivity (Wildman–Crippen MR) is 133 cm³/mol. The average molecular weight is 427 g/mol. The molecular formula is C30H50O. The van der Waals surface area contributed by atoms with Crippen LogP contribution in [0.3, 0.4) is 0 Å². The van der Waals surface area contributed by atoms with Crippen LogP contribution in [0.2, 0.25) is 0 Å². The minimum Gasteiger partial charge on any atom is -0.393 e. The van der Waals surface area contributed by atoms with E-state index in [1.54, 1.807) is 5.57 Å². The molecular weight excluding hydrogens is 376 g/mol. The zero-order chi connectivity index (χ0) is 22.6. The standard InChI is InChI=1S/C30H50O/c1-8-22(19(2)3)10-9-20(4)23-17-27-24-11-12-25-21(5)28(31)14-16-30(25,7)26(24)13-15-29(27,6)18-23/h8,11,19-21,23,25-28,31H,9-10,12-18H2,1-7H3/b22-8+/t20-,21+,23+,25+,26+,27+,28+,29-,30+/m1/s1. The second-order valence-corrected chi connectivity index (χ2v) is 13.0. The fourth-order valence-electron chi connectivity index (χ4n) is 8.89. The molecule has 1 N–H and O–H groups in total. The first-order valence-corrected chi connectivity index (χ1v) is 13.6. The third-order valence-electron chi connectivity index (χ3n) is 11.2. The maximum atomic E-state index is 10.5. The van der Waals surface area contributed by atoms with Gasteiger partial charge in [-0.15, -0.1) is 0 Å². The summed E-state index contributed by atoms with van der Waals surface area (Å²) in [7, 11) is 0. The zero-order valence-corrected chi connectivity index (χ0v) is 21.6. The van der Waals surface area contributed by atoms with Gasteiger partial charge in [-0.05, 0) is 117 Å². The Balaban J connectivity index is 1.49. The van der Waals surface area contributed by atoms with Crippen LogP contribution < -0.4 is 0 Å². The minimum absolute atomic E-state index is 0.0773. The van der Waals surface area contributed by atoms with E-state index in [2.05, 4.69) is 60.6 Å². The van der Waals surface area contributed by atoms with Crippen molar-refractivity contribution in [2.75, 3.05) is 0 Å². The lowest BCUT2D eigenvalue weighted by atomic mass is 9.47. The molecule has 31 heavy (non-hydrogen) atoms. The van der Waals surface area contributed by atoms with Gasteiger partial charge in [0.1, 0.15) is 0 Å². The number of aliphatic hydroxyl groups is 1. The van der Waals surface area contributed by atoms with E-state index >= 15 is 0 Å². The normalized spacial score (nSPS) is 46.2. The Kier molecular flexibility index (Phi) is 6.59. The van der Waals surface area contributed by atoms with Crippen molar-refractivity contribution in [2.45, 2.75) is 112 Å². The maximum Gasteiger partial charge on any atom is 0.0568 e. The topological polar surface area (TPSA) is 20.2 Å². The molecule has 3 fully saturated rings. The summed E-state index contributed by atoms with van der Waals surface area (Å²) < 4.78 is 0. The minimum atomic E-state index is -0.0773. The molecule has 0 unspecified atom stereocenters. The first-order chi connectivity index (χ1) is 14.6. The van der Waals surface area contributed by atoms with Crippen LogP contribution in [0.5, 0.6) is 0 Å². The summed E-state index contributed by atoms with van der Waals surface area (Å²) in [6, 6.07) is 0. The van der Waals surface area contributed by atoms with Crippen LogP contribution in [0, 0.1) is 52.3 Å². The lowest BCUT2D eigenvalue weighted by Crippen LogP contribution is -2.51. The van der Waals surface area contributed by atoms with Crippen LogP contribution in [-0.4, -0.2) is 11.2 Å². The fourth-order valence-corrected chi connectivity index (χ4v) is 8.89. The van der Waals surface area contributed by atoms with E-state index < -0.39 is 0 Å². The number of aliphatic hydroxyl groups excluding tert-OH is 1. The first-order valence-electron chi connectivity index (χ1n) is 13.6. The quantitative estimate of drug-likeness (QED) is 0.439. The molecule has 0 bridgehead atoms. The highest BCUT2D eigenvalue weighted by molar-refractivity contribution is 5.27. The molecule has 1 nitrogen and oxygen atoms in total. The Hall–Kier alpha value is -0.560. The molecule has 0 amide bonds. The molecule has 3 saturated carbocycles. The van der Waals surface area contributed by atoms with Crippen molar-refractivity contribution in [3.8, 4) is 0 Å². The maximum absolute atomic E-state index is 10.5. The Morgan fingerprint density at radius 2 is 1.90 bits per heavy atom. The monoisotopic (exact) mass is 426 g/mol. The van der Waals surface area contributed by atoms with Crippen LogP contribution in [0.25, 0.3) is 0 Å². The van der Waals surface area contributed by atoms with E-state index in [1.807, 2.05) is 5.57 Å². The number of allylic oxidation sites excluding steroid dienone is 4. The zero-order valence-electron chi connectivity index (χ0n) is 21.6. The van der Waals surface area contributed by atoms with Gasteiger partial charge in [0.15, 0.2) is 0 Å². The third kappa shape index (κ3) is 4.00. The first kappa shape index (κ1) is 23.6. The van der Waals surface area contributed by atoms with Crippen molar-refractivity contribution in [1.29, 1.82) is 0 Å². The van der Waals surface area contributed by atoms with E-state index in [9.17, 15) is 5.11 Å². The van der Waals surface area contributed by atoms with E-state index in [-0.39, 0.29) is 6.10 Å². The summed E-state index contributed by atoms with van der Waals surface area (Å²) in [4.78, 5) is 0. The predicted octanol–water partition coefficient (Wildman–Crippen LogP) is 8.19. The third-order valence-corrected chi connectivity index (χ3v) is 11.2. The van der Waals surface area contributed by atoms with E-state index in [4.69, 9.17) is 0 Å². The fraction of sp³-hybridized carbons (Fsp3) is 0.867. The van der Waals surface area contributed by atoms with E-state index in [1.165, 1.54) is 51.4 Å². The van der Waals surface area contributed by atoms with Crippen molar-refractivity contribution < 1.29 is 5.11 Å². The summed E-state index contributed by atoms with van der Waals surface area (Å²) in [6.07, 6.45) is 16.8. The molecule has 1 heteroatoms. The van der Waals surface area contributed by atoms with Gasteiger partial charge in [-0.2, -0.15) is 0 Å². The van der Waals surface area contributed by atoms with Crippen molar-refractivity contribution in [3.05, 3.63) is 23.3 Å². The van der Waals surface area contributed by atoms with E-state index in [0.29, 0.717) is 28.6 Å². The van der Waals surface area contributed by atoms with Crippen LogP contribution >= 0.6 is 0 Å². The lowest BCUT2D eigenvalue weighted by Gasteiger charge is -2.58. The number of hydrogen-bond donors (Lipinski definition) is 1. The Labute approximate surface area is 193 Å². The van der Waals surface area contributed by atoms with Gasteiger partial charge >= 0.3 is 0 Å². The van der Waals surface area contributed by atoms with Crippen LogP contribution in [0.4, 0.5) is 0 Å². The Morgan fingerprint density at radius 1 is 1.16 bits per heavy atom. The second-order valence-electron chi connectivity index (χ2n) is 13.0. The molecule has 0 aromatic rings. The highest BCUT2D eigenvalue weighted by Gasteiger charge is 2.57. The lowest BCUT2D eigenvalue weighted by molar-refractivity contribution is -0.0735. The van der Waals surface area contributed by atoms with Gasteiger partial charge in [0.05, 0.1) is 6.10 Å². The number of fused-ring (bicyclic) bond motifs is 5. The molecule has 0 radical (unpaired) electrons. The summed E-state index contributed by atoms with van der Waals surface area (Å²) in [6.45, 7) is 17.0. The molecule has 0 aliphatic heterocycles. The summed E-state index contributed by atoms with van der Waals surface area (Å²) in [5.41, 5.74) is 4.47.